The van der Waals surface area contributed by atoms with Crippen LogP contribution in [0.3, 0.4) is 0 Å². The van der Waals surface area contributed by atoms with E-state index in [0.29, 0.717) is 26.2 Å². The third-order valence-corrected chi connectivity index (χ3v) is 5.51. The van der Waals surface area contributed by atoms with Gasteiger partial charge < -0.3 is 23.7 Å². The van der Waals surface area contributed by atoms with Gasteiger partial charge >= 0.3 is 5.97 Å². The lowest BCUT2D eigenvalue weighted by atomic mass is 10.1. The fourth-order valence-corrected chi connectivity index (χ4v) is 3.53. The number of carbonyl (C=O) groups excluding carboxylic acids is 1. The first kappa shape index (κ1) is 26.8. The van der Waals surface area contributed by atoms with E-state index >= 15 is 0 Å². The Morgan fingerprint density at radius 1 is 0.806 bits per heavy atom. The first-order valence-corrected chi connectivity index (χ1v) is 12.1. The van der Waals surface area contributed by atoms with Gasteiger partial charge in [0.1, 0.15) is 29.6 Å². The average molecular weight is 491 g/mol. The average Bonchev–Trinajstić information content (AvgIpc) is 2.90. The molecule has 0 saturated heterocycles. The van der Waals surface area contributed by atoms with E-state index in [0.717, 1.165) is 39.7 Å². The zero-order valence-electron chi connectivity index (χ0n) is 21.4. The van der Waals surface area contributed by atoms with E-state index < -0.39 is 6.10 Å². The highest BCUT2D eigenvalue weighted by Crippen LogP contribution is 2.25. The molecule has 6 nitrogen and oxygen atoms in total. The van der Waals surface area contributed by atoms with Crippen LogP contribution in [0.1, 0.15) is 31.9 Å². The van der Waals surface area contributed by atoms with Gasteiger partial charge in [-0.25, -0.2) is 4.79 Å². The van der Waals surface area contributed by atoms with Crippen molar-refractivity contribution in [2.24, 2.45) is 0 Å². The minimum Gasteiger partial charge on any atom is -0.497 e. The molecule has 6 heteroatoms. The normalized spacial score (nSPS) is 12.1. The molecule has 0 fully saturated rings. The van der Waals surface area contributed by atoms with Crippen molar-refractivity contribution in [3.05, 3.63) is 90.0 Å². The molecule has 36 heavy (non-hydrogen) atoms. The quantitative estimate of drug-likeness (QED) is 0.256. The Morgan fingerprint density at radius 2 is 1.39 bits per heavy atom. The molecule has 0 aromatic heterocycles. The molecule has 0 bridgehead atoms. The predicted molar refractivity (Wildman–Crippen MR) is 141 cm³/mol. The maximum absolute atomic E-state index is 12.1. The van der Waals surface area contributed by atoms with Crippen LogP contribution in [0.4, 0.5) is 0 Å². The molecular weight excluding hydrogens is 456 g/mol. The molecule has 3 aromatic rings. The number of allylic oxidation sites excluding steroid dienone is 1. The molecule has 190 valence electrons. The van der Waals surface area contributed by atoms with E-state index in [9.17, 15) is 4.79 Å². The Morgan fingerprint density at radius 3 is 1.97 bits per heavy atom. The second kappa shape index (κ2) is 14.0. The van der Waals surface area contributed by atoms with Crippen molar-refractivity contribution >= 4 is 11.5 Å². The van der Waals surface area contributed by atoms with Gasteiger partial charge in [0.2, 0.25) is 0 Å². The van der Waals surface area contributed by atoms with E-state index in [1.165, 1.54) is 0 Å². The number of hydrogen-bond donors (Lipinski definition) is 0. The van der Waals surface area contributed by atoms with Crippen LogP contribution < -0.4 is 14.2 Å². The third-order valence-electron chi connectivity index (χ3n) is 5.51. The van der Waals surface area contributed by atoms with Gasteiger partial charge in [-0.05, 0) is 92.1 Å². The summed E-state index contributed by atoms with van der Waals surface area (Å²) in [5.41, 5.74) is 3.19. The summed E-state index contributed by atoms with van der Waals surface area (Å²) < 4.78 is 27.6. The molecule has 0 aliphatic heterocycles. The van der Waals surface area contributed by atoms with Crippen LogP contribution in [0.25, 0.3) is 5.57 Å². The van der Waals surface area contributed by atoms with Gasteiger partial charge in [0.25, 0.3) is 0 Å². The number of ether oxygens (including phenoxy) is 5. The fourth-order valence-electron chi connectivity index (χ4n) is 3.53. The first-order valence-electron chi connectivity index (χ1n) is 12.1. The van der Waals surface area contributed by atoms with Gasteiger partial charge in [0.15, 0.2) is 6.10 Å². The number of benzene rings is 3. The topological polar surface area (TPSA) is 63.2 Å². The van der Waals surface area contributed by atoms with Crippen molar-refractivity contribution in [2.75, 3.05) is 26.9 Å². The molecular formula is C30H34O6. The van der Waals surface area contributed by atoms with Crippen molar-refractivity contribution in [2.45, 2.75) is 33.3 Å². The molecule has 0 radical (unpaired) electrons. The molecule has 0 aliphatic carbocycles. The largest absolute Gasteiger partial charge is 0.497 e. The molecule has 0 aliphatic rings. The zero-order valence-corrected chi connectivity index (χ0v) is 21.4. The van der Waals surface area contributed by atoms with Gasteiger partial charge in [-0.1, -0.05) is 24.3 Å². The maximum Gasteiger partial charge on any atom is 0.335 e. The summed E-state index contributed by atoms with van der Waals surface area (Å²) in [6.45, 7) is 6.94. The van der Waals surface area contributed by atoms with Crippen molar-refractivity contribution in [1.82, 2.24) is 0 Å². The highest BCUT2D eigenvalue weighted by atomic mass is 16.6. The van der Waals surface area contributed by atoms with Gasteiger partial charge in [-0.15, -0.1) is 0 Å². The van der Waals surface area contributed by atoms with Gasteiger partial charge in [0.05, 0.1) is 13.7 Å². The SMILES string of the molecule is CCOC(=O)[C@H](Cc1ccc(OC/C=C(\C)c2ccc(Oc3ccc(OC)cc3)cc2)cc1)OCC. The number of methoxy groups -OCH3 is 1. The Bertz CT molecular complexity index is 1100. The summed E-state index contributed by atoms with van der Waals surface area (Å²) in [4.78, 5) is 12.1. The standard InChI is InChI=1S/C30H34O6/c1-5-33-29(30(31)34-6-2)21-23-7-11-26(12-8-23)35-20-19-22(3)24-9-13-27(14-10-24)36-28-17-15-25(32-4)16-18-28/h7-19,29H,5-6,20-21H2,1-4H3/b22-19+/t29-/m0/s1. The van der Waals surface area contributed by atoms with Crippen molar-refractivity contribution in [1.29, 1.82) is 0 Å². The highest BCUT2D eigenvalue weighted by molar-refractivity contribution is 5.75. The predicted octanol–water partition coefficient (Wildman–Crippen LogP) is 6.48. The van der Waals surface area contributed by atoms with Crippen LogP contribution in [-0.4, -0.2) is 39.0 Å². The van der Waals surface area contributed by atoms with Crippen LogP contribution in [-0.2, 0) is 20.7 Å². The summed E-state index contributed by atoms with van der Waals surface area (Å²) in [5, 5.41) is 0. The molecule has 0 N–H and O–H groups in total. The second-order valence-electron chi connectivity index (χ2n) is 8.04. The summed E-state index contributed by atoms with van der Waals surface area (Å²) in [6, 6.07) is 23.1. The molecule has 3 rings (SSSR count). The molecule has 0 amide bonds. The summed E-state index contributed by atoms with van der Waals surface area (Å²) in [5.74, 6) is 2.74. The van der Waals surface area contributed by atoms with E-state index in [4.69, 9.17) is 23.7 Å². The van der Waals surface area contributed by atoms with Crippen molar-refractivity contribution in [3.63, 3.8) is 0 Å². The Kier molecular flexibility index (Phi) is 10.4. The minimum absolute atomic E-state index is 0.333. The zero-order chi connectivity index (χ0) is 25.8. The first-order chi connectivity index (χ1) is 17.5. The van der Waals surface area contributed by atoms with Crippen LogP contribution >= 0.6 is 0 Å². The summed E-state index contributed by atoms with van der Waals surface area (Å²) in [6.07, 6.45) is 1.91. The van der Waals surface area contributed by atoms with E-state index in [1.807, 2.05) is 85.8 Å². The smallest absolute Gasteiger partial charge is 0.335 e. The highest BCUT2D eigenvalue weighted by Gasteiger charge is 2.20. The molecule has 0 saturated carbocycles. The Hall–Kier alpha value is -3.77. The van der Waals surface area contributed by atoms with Crippen molar-refractivity contribution in [3.8, 4) is 23.0 Å². The molecule has 0 heterocycles. The van der Waals surface area contributed by atoms with Gasteiger partial charge in [-0.3, -0.25) is 0 Å². The number of hydrogen-bond acceptors (Lipinski definition) is 6. The Balaban J connectivity index is 1.50. The number of rotatable bonds is 13. The van der Waals surface area contributed by atoms with E-state index in [2.05, 4.69) is 6.92 Å². The summed E-state index contributed by atoms with van der Waals surface area (Å²) >= 11 is 0. The third kappa shape index (κ3) is 8.17. The number of carbonyl (C=O) groups is 1. The van der Waals surface area contributed by atoms with Crippen LogP contribution in [0.2, 0.25) is 0 Å². The molecule has 0 spiro atoms. The number of esters is 1. The second-order valence-corrected chi connectivity index (χ2v) is 8.04. The lowest BCUT2D eigenvalue weighted by Crippen LogP contribution is -2.28. The lowest BCUT2D eigenvalue weighted by molar-refractivity contribution is -0.156. The van der Waals surface area contributed by atoms with Crippen LogP contribution in [0, 0.1) is 0 Å². The van der Waals surface area contributed by atoms with E-state index in [-0.39, 0.29) is 5.97 Å². The van der Waals surface area contributed by atoms with Gasteiger partial charge in [0, 0.05) is 13.0 Å². The van der Waals surface area contributed by atoms with Crippen LogP contribution in [0.5, 0.6) is 23.0 Å². The molecule has 1 atom stereocenters. The van der Waals surface area contributed by atoms with Crippen LogP contribution in [0.15, 0.2) is 78.9 Å². The monoisotopic (exact) mass is 490 g/mol. The van der Waals surface area contributed by atoms with Crippen molar-refractivity contribution < 1.29 is 28.5 Å². The Labute approximate surface area is 213 Å². The lowest BCUT2D eigenvalue weighted by Gasteiger charge is -2.15. The summed E-state index contributed by atoms with van der Waals surface area (Å²) in [7, 11) is 1.64. The minimum atomic E-state index is -0.597. The van der Waals surface area contributed by atoms with E-state index in [1.54, 1.807) is 14.0 Å². The molecule has 0 unspecified atom stereocenters. The molecule has 3 aromatic carbocycles. The van der Waals surface area contributed by atoms with Gasteiger partial charge in [-0.2, -0.15) is 0 Å². The fraction of sp³-hybridized carbons (Fsp3) is 0.300. The maximum atomic E-state index is 12.1.